The molecule has 7 heteroatoms. The zero-order valence-electron chi connectivity index (χ0n) is 11.2. The molecule has 20 heavy (non-hydrogen) atoms. The maximum absolute atomic E-state index is 11.2. The summed E-state index contributed by atoms with van der Waals surface area (Å²) in [4.78, 5) is 21.5. The third-order valence-electron chi connectivity index (χ3n) is 2.66. The van der Waals surface area contributed by atoms with Crippen molar-refractivity contribution in [2.75, 3.05) is 5.32 Å². The summed E-state index contributed by atoms with van der Waals surface area (Å²) in [6.07, 6.45) is 0.340. The molecule has 1 aromatic carbocycles. The van der Waals surface area contributed by atoms with Gasteiger partial charge in [-0.25, -0.2) is 4.79 Å². The van der Waals surface area contributed by atoms with Crippen LogP contribution in [-0.4, -0.2) is 22.0 Å². The first-order valence-corrected chi connectivity index (χ1v) is 6.03. The zero-order chi connectivity index (χ0) is 15.3. The minimum absolute atomic E-state index is 0.0991. The van der Waals surface area contributed by atoms with Crippen LogP contribution in [0.25, 0.3) is 0 Å². The highest BCUT2D eigenvalue weighted by molar-refractivity contribution is 5.79. The molecular weight excluding hydrogens is 262 g/mol. The van der Waals surface area contributed by atoms with E-state index in [0.717, 1.165) is 6.07 Å². The Bertz CT molecular complexity index is 563. The second kappa shape index (κ2) is 6.52. The van der Waals surface area contributed by atoms with Gasteiger partial charge in [0.2, 0.25) is 0 Å². The number of hydrogen-bond acceptors (Lipinski definition) is 5. The van der Waals surface area contributed by atoms with Crippen LogP contribution in [0.3, 0.4) is 0 Å². The molecule has 0 saturated carbocycles. The van der Waals surface area contributed by atoms with E-state index in [2.05, 4.69) is 5.32 Å². The molecule has 0 spiro atoms. The molecule has 0 radical (unpaired) electrons. The predicted molar refractivity (Wildman–Crippen MR) is 72.3 cm³/mol. The summed E-state index contributed by atoms with van der Waals surface area (Å²) in [5.41, 5.74) is -0.0564. The number of hydrogen-bond donors (Lipinski definition) is 2. The Morgan fingerprint density at radius 2 is 2.20 bits per heavy atom. The number of anilines is 1. The van der Waals surface area contributed by atoms with Crippen LogP contribution >= 0.6 is 0 Å². The SMILES string of the molecule is CC(C)C[C@@H](Nc1ccc(C#N)cc1[N+](=O)[O-])C(=O)O. The molecule has 0 aliphatic rings. The van der Waals surface area contributed by atoms with Crippen LogP contribution < -0.4 is 5.32 Å². The van der Waals surface area contributed by atoms with Gasteiger partial charge in [0.15, 0.2) is 0 Å². The van der Waals surface area contributed by atoms with Crippen molar-refractivity contribution in [1.29, 1.82) is 5.26 Å². The van der Waals surface area contributed by atoms with Crippen LogP contribution in [0.1, 0.15) is 25.8 Å². The topological polar surface area (TPSA) is 116 Å². The maximum atomic E-state index is 11.2. The number of benzene rings is 1. The number of carboxylic acid groups (broad SMARTS) is 1. The number of carboxylic acids is 1. The van der Waals surface area contributed by atoms with Crippen molar-refractivity contribution in [3.8, 4) is 6.07 Å². The lowest BCUT2D eigenvalue weighted by molar-refractivity contribution is -0.384. The number of aliphatic carboxylic acids is 1. The first kappa shape index (κ1) is 15.4. The first-order chi connectivity index (χ1) is 9.35. The lowest BCUT2D eigenvalue weighted by Gasteiger charge is -2.17. The van der Waals surface area contributed by atoms with E-state index >= 15 is 0 Å². The molecule has 0 saturated heterocycles. The van der Waals surface area contributed by atoms with E-state index in [9.17, 15) is 14.9 Å². The molecule has 2 N–H and O–H groups in total. The molecular formula is C13H15N3O4. The van der Waals surface area contributed by atoms with E-state index in [-0.39, 0.29) is 22.9 Å². The minimum atomic E-state index is -1.07. The van der Waals surface area contributed by atoms with Gasteiger partial charge >= 0.3 is 5.97 Å². The molecule has 1 rings (SSSR count). The predicted octanol–water partition coefficient (Wildman–Crippen LogP) is 2.38. The van der Waals surface area contributed by atoms with Crippen LogP contribution in [0, 0.1) is 27.4 Å². The van der Waals surface area contributed by atoms with Gasteiger partial charge in [0.1, 0.15) is 11.7 Å². The molecule has 0 aliphatic heterocycles. The van der Waals surface area contributed by atoms with Crippen molar-refractivity contribution in [2.45, 2.75) is 26.3 Å². The molecule has 0 aliphatic carbocycles. The molecule has 0 fully saturated rings. The third kappa shape index (κ3) is 3.95. The third-order valence-corrected chi connectivity index (χ3v) is 2.66. The van der Waals surface area contributed by atoms with Crippen molar-refractivity contribution in [3.05, 3.63) is 33.9 Å². The van der Waals surface area contributed by atoms with E-state index in [0.29, 0.717) is 6.42 Å². The molecule has 0 bridgehead atoms. The van der Waals surface area contributed by atoms with Gasteiger partial charge < -0.3 is 10.4 Å². The molecule has 1 atom stereocenters. The number of nitriles is 1. The highest BCUT2D eigenvalue weighted by atomic mass is 16.6. The zero-order valence-corrected chi connectivity index (χ0v) is 11.2. The Hall–Kier alpha value is -2.62. The largest absolute Gasteiger partial charge is 0.480 e. The van der Waals surface area contributed by atoms with E-state index in [1.807, 2.05) is 19.9 Å². The monoisotopic (exact) mass is 277 g/mol. The molecule has 7 nitrogen and oxygen atoms in total. The van der Waals surface area contributed by atoms with E-state index in [1.165, 1.54) is 12.1 Å². The minimum Gasteiger partial charge on any atom is -0.480 e. The average Bonchev–Trinajstić information content (AvgIpc) is 2.37. The standard InChI is InChI=1S/C13H15N3O4/c1-8(2)5-11(13(17)18)15-10-4-3-9(7-14)6-12(10)16(19)20/h3-4,6,8,11,15H,5H2,1-2H3,(H,17,18)/t11-/m1/s1. The summed E-state index contributed by atoms with van der Waals surface area (Å²) in [6, 6.07) is 4.78. The fourth-order valence-electron chi connectivity index (χ4n) is 1.75. The second-order valence-corrected chi connectivity index (χ2v) is 4.77. The van der Waals surface area contributed by atoms with Gasteiger partial charge in [-0.1, -0.05) is 13.8 Å². The van der Waals surface area contributed by atoms with E-state index < -0.39 is 16.9 Å². The van der Waals surface area contributed by atoms with Crippen LogP contribution in [0.5, 0.6) is 0 Å². The van der Waals surface area contributed by atoms with Crippen LogP contribution in [-0.2, 0) is 4.79 Å². The molecule has 0 unspecified atom stereocenters. The lowest BCUT2D eigenvalue weighted by atomic mass is 10.0. The van der Waals surface area contributed by atoms with E-state index in [1.54, 1.807) is 0 Å². The van der Waals surface area contributed by atoms with Crippen molar-refractivity contribution in [3.63, 3.8) is 0 Å². The summed E-state index contributed by atoms with van der Waals surface area (Å²) in [5.74, 6) is -0.946. The van der Waals surface area contributed by atoms with Crippen molar-refractivity contribution in [1.82, 2.24) is 0 Å². The number of rotatable bonds is 6. The van der Waals surface area contributed by atoms with Gasteiger partial charge in [-0.05, 0) is 24.5 Å². The van der Waals surface area contributed by atoms with Gasteiger partial charge in [0.25, 0.3) is 5.69 Å². The quantitative estimate of drug-likeness (QED) is 0.609. The maximum Gasteiger partial charge on any atom is 0.326 e. The first-order valence-electron chi connectivity index (χ1n) is 6.03. The number of nitrogens with zero attached hydrogens (tertiary/aromatic N) is 2. The Labute approximate surface area is 116 Å². The summed E-state index contributed by atoms with van der Waals surface area (Å²) in [6.45, 7) is 3.73. The van der Waals surface area contributed by atoms with Crippen molar-refractivity contribution in [2.24, 2.45) is 5.92 Å². The highest BCUT2D eigenvalue weighted by Crippen LogP contribution is 2.27. The number of carbonyl (C=O) groups is 1. The summed E-state index contributed by atoms with van der Waals surface area (Å²) >= 11 is 0. The fraction of sp³-hybridized carbons (Fsp3) is 0.385. The average molecular weight is 277 g/mol. The van der Waals surface area contributed by atoms with Crippen molar-refractivity contribution >= 4 is 17.3 Å². The second-order valence-electron chi connectivity index (χ2n) is 4.77. The number of nitro benzene ring substituents is 1. The number of nitro groups is 1. The molecule has 0 aromatic heterocycles. The number of nitrogens with one attached hydrogen (secondary N) is 1. The summed E-state index contributed by atoms with van der Waals surface area (Å²) in [5, 5.41) is 31.5. The lowest BCUT2D eigenvalue weighted by Crippen LogP contribution is -2.31. The molecule has 0 heterocycles. The summed E-state index contributed by atoms with van der Waals surface area (Å²) in [7, 11) is 0. The molecule has 0 amide bonds. The van der Waals surface area contributed by atoms with Gasteiger partial charge in [-0.3, -0.25) is 10.1 Å². The van der Waals surface area contributed by atoms with Gasteiger partial charge in [-0.15, -0.1) is 0 Å². The van der Waals surface area contributed by atoms with Crippen LogP contribution in [0.15, 0.2) is 18.2 Å². The van der Waals surface area contributed by atoms with Gasteiger partial charge in [-0.2, -0.15) is 5.26 Å². The molecule has 106 valence electrons. The molecule has 1 aromatic rings. The van der Waals surface area contributed by atoms with Crippen LogP contribution in [0.4, 0.5) is 11.4 Å². The van der Waals surface area contributed by atoms with Crippen LogP contribution in [0.2, 0.25) is 0 Å². The Balaban J connectivity index is 3.09. The van der Waals surface area contributed by atoms with E-state index in [4.69, 9.17) is 10.4 Å². The van der Waals surface area contributed by atoms with Gasteiger partial charge in [0.05, 0.1) is 16.6 Å². The highest BCUT2D eigenvalue weighted by Gasteiger charge is 2.23. The Morgan fingerprint density at radius 1 is 1.55 bits per heavy atom. The Morgan fingerprint density at radius 3 is 2.65 bits per heavy atom. The normalized spacial score (nSPS) is 11.7. The summed E-state index contributed by atoms with van der Waals surface area (Å²) < 4.78 is 0. The van der Waals surface area contributed by atoms with Crippen molar-refractivity contribution < 1.29 is 14.8 Å². The fourth-order valence-corrected chi connectivity index (χ4v) is 1.75. The van der Waals surface area contributed by atoms with Gasteiger partial charge in [0, 0.05) is 6.07 Å². The Kier molecular flexibility index (Phi) is 5.03. The smallest absolute Gasteiger partial charge is 0.326 e.